The molecule has 0 atom stereocenters. The van der Waals surface area contributed by atoms with E-state index < -0.39 is 5.41 Å². The number of Topliss-reactive ketones (excluding diaryl/α,β-unsaturated/α-hetero) is 1. The molecular formula is C16H19NO3S. The zero-order valence-corrected chi connectivity index (χ0v) is 13.3. The molecule has 0 fully saturated rings. The Morgan fingerprint density at radius 1 is 1.24 bits per heavy atom. The molecular weight excluding hydrogens is 286 g/mol. The van der Waals surface area contributed by atoms with E-state index in [9.17, 15) is 9.59 Å². The smallest absolute Gasteiger partial charge is 0.306 e. The van der Waals surface area contributed by atoms with Crippen LogP contribution in [-0.2, 0) is 20.7 Å². The standard InChI is InChI=1S/C16H19NO3S/c1-16(2,3)13(18)10-20-15(19)9-8-14-17-11-6-4-5-7-12(11)21-14/h4-7H,8-10H2,1-3H3. The van der Waals surface area contributed by atoms with Crippen LogP contribution in [-0.4, -0.2) is 23.3 Å². The van der Waals surface area contributed by atoms with E-state index in [0.29, 0.717) is 6.42 Å². The van der Waals surface area contributed by atoms with Gasteiger partial charge < -0.3 is 4.74 Å². The molecule has 2 aromatic rings. The fourth-order valence-electron chi connectivity index (χ4n) is 1.67. The second kappa shape index (κ2) is 6.35. The summed E-state index contributed by atoms with van der Waals surface area (Å²) in [6.07, 6.45) is 0.791. The molecule has 0 aliphatic heterocycles. The topological polar surface area (TPSA) is 56.3 Å². The maximum atomic E-state index is 11.7. The van der Waals surface area contributed by atoms with Crippen LogP contribution in [0.25, 0.3) is 10.2 Å². The number of fused-ring (bicyclic) bond motifs is 1. The number of rotatable bonds is 5. The Labute approximate surface area is 128 Å². The number of aromatic nitrogens is 1. The molecule has 21 heavy (non-hydrogen) atoms. The van der Waals surface area contributed by atoms with Crippen LogP contribution in [0.3, 0.4) is 0 Å². The number of carbonyl (C=O) groups excluding carboxylic acids is 2. The molecule has 2 rings (SSSR count). The Bertz CT molecular complexity index is 622. The van der Waals surface area contributed by atoms with Gasteiger partial charge in [0.05, 0.1) is 21.6 Å². The molecule has 0 unspecified atom stereocenters. The predicted octanol–water partition coefficient (Wildman–Crippen LogP) is 3.39. The van der Waals surface area contributed by atoms with E-state index in [-0.39, 0.29) is 24.8 Å². The van der Waals surface area contributed by atoms with Crippen LogP contribution < -0.4 is 0 Å². The highest BCUT2D eigenvalue weighted by Gasteiger charge is 2.22. The van der Waals surface area contributed by atoms with Gasteiger partial charge in [-0.25, -0.2) is 4.98 Å². The van der Waals surface area contributed by atoms with E-state index in [2.05, 4.69) is 4.98 Å². The first-order chi connectivity index (χ1) is 9.86. The average Bonchev–Trinajstić information content (AvgIpc) is 2.84. The molecule has 0 N–H and O–H groups in total. The zero-order chi connectivity index (χ0) is 15.5. The molecule has 1 aromatic carbocycles. The highest BCUT2D eigenvalue weighted by atomic mass is 32.1. The maximum Gasteiger partial charge on any atom is 0.306 e. The van der Waals surface area contributed by atoms with Gasteiger partial charge in [-0.1, -0.05) is 32.9 Å². The lowest BCUT2D eigenvalue weighted by molar-refractivity contribution is -0.150. The molecule has 0 saturated heterocycles. The Kier molecular flexibility index (Phi) is 4.73. The van der Waals surface area contributed by atoms with Crippen molar-refractivity contribution in [3.05, 3.63) is 29.3 Å². The third kappa shape index (κ3) is 4.36. The van der Waals surface area contributed by atoms with Crippen LogP contribution in [0.2, 0.25) is 0 Å². The Hall–Kier alpha value is -1.75. The fourth-order valence-corrected chi connectivity index (χ4v) is 2.64. The summed E-state index contributed by atoms with van der Waals surface area (Å²) in [6.45, 7) is 5.28. The highest BCUT2D eigenvalue weighted by molar-refractivity contribution is 7.18. The van der Waals surface area contributed by atoms with Gasteiger partial charge in [-0.2, -0.15) is 0 Å². The summed E-state index contributed by atoms with van der Waals surface area (Å²) in [5.41, 5.74) is 0.474. The summed E-state index contributed by atoms with van der Waals surface area (Å²) >= 11 is 1.58. The fraction of sp³-hybridized carbons (Fsp3) is 0.438. The van der Waals surface area contributed by atoms with Gasteiger partial charge in [0.25, 0.3) is 0 Å². The monoisotopic (exact) mass is 305 g/mol. The third-order valence-corrected chi connectivity index (χ3v) is 4.18. The van der Waals surface area contributed by atoms with E-state index in [4.69, 9.17) is 4.74 Å². The van der Waals surface area contributed by atoms with E-state index in [1.807, 2.05) is 45.0 Å². The van der Waals surface area contributed by atoms with Crippen molar-refractivity contribution in [1.82, 2.24) is 4.98 Å². The van der Waals surface area contributed by atoms with Crippen molar-refractivity contribution in [1.29, 1.82) is 0 Å². The van der Waals surface area contributed by atoms with Crippen molar-refractivity contribution in [3.8, 4) is 0 Å². The van der Waals surface area contributed by atoms with Gasteiger partial charge in [-0.05, 0) is 12.1 Å². The highest BCUT2D eigenvalue weighted by Crippen LogP contribution is 2.22. The van der Waals surface area contributed by atoms with Gasteiger partial charge in [-0.15, -0.1) is 11.3 Å². The normalized spacial score (nSPS) is 11.6. The van der Waals surface area contributed by atoms with E-state index in [1.165, 1.54) is 0 Å². The van der Waals surface area contributed by atoms with Gasteiger partial charge >= 0.3 is 5.97 Å². The molecule has 0 aliphatic rings. The quantitative estimate of drug-likeness (QED) is 0.795. The van der Waals surface area contributed by atoms with Gasteiger partial charge in [0.2, 0.25) is 0 Å². The van der Waals surface area contributed by atoms with Crippen LogP contribution in [0.4, 0.5) is 0 Å². The van der Waals surface area contributed by atoms with Crippen molar-refractivity contribution in [2.45, 2.75) is 33.6 Å². The molecule has 0 radical (unpaired) electrons. The lowest BCUT2D eigenvalue weighted by Gasteiger charge is -2.15. The predicted molar refractivity (Wildman–Crippen MR) is 83.4 cm³/mol. The number of benzene rings is 1. The molecule has 0 aliphatic carbocycles. The second-order valence-electron chi connectivity index (χ2n) is 5.91. The molecule has 0 saturated carbocycles. The summed E-state index contributed by atoms with van der Waals surface area (Å²) in [7, 11) is 0. The number of hydrogen-bond donors (Lipinski definition) is 0. The largest absolute Gasteiger partial charge is 0.458 e. The van der Waals surface area contributed by atoms with Crippen molar-refractivity contribution in [2.24, 2.45) is 5.41 Å². The van der Waals surface area contributed by atoms with Crippen molar-refractivity contribution in [2.75, 3.05) is 6.61 Å². The van der Waals surface area contributed by atoms with Gasteiger partial charge in [0.1, 0.15) is 0 Å². The SMILES string of the molecule is CC(C)(C)C(=O)COC(=O)CCc1nc2ccccc2s1. The number of hydrogen-bond acceptors (Lipinski definition) is 5. The summed E-state index contributed by atoms with van der Waals surface area (Å²) < 4.78 is 6.13. The first-order valence-electron chi connectivity index (χ1n) is 6.89. The summed E-state index contributed by atoms with van der Waals surface area (Å²) in [4.78, 5) is 27.8. The van der Waals surface area contributed by atoms with Gasteiger partial charge in [-0.3, -0.25) is 9.59 Å². The lowest BCUT2D eigenvalue weighted by atomic mass is 9.91. The second-order valence-corrected chi connectivity index (χ2v) is 7.02. The minimum atomic E-state index is -0.479. The number of para-hydroxylation sites is 1. The number of nitrogens with zero attached hydrogens (tertiary/aromatic N) is 1. The molecule has 4 nitrogen and oxygen atoms in total. The van der Waals surface area contributed by atoms with Gasteiger partial charge in [0.15, 0.2) is 12.4 Å². The molecule has 0 bridgehead atoms. The van der Waals surface area contributed by atoms with E-state index >= 15 is 0 Å². The zero-order valence-electron chi connectivity index (χ0n) is 12.5. The Balaban J connectivity index is 1.82. The molecule has 1 aromatic heterocycles. The van der Waals surface area contributed by atoms with Crippen molar-refractivity contribution >= 4 is 33.3 Å². The number of esters is 1. The summed E-state index contributed by atoms with van der Waals surface area (Å²) in [5.74, 6) is -0.428. The van der Waals surface area contributed by atoms with Gasteiger partial charge in [0, 0.05) is 11.8 Å². The molecule has 112 valence electrons. The maximum absolute atomic E-state index is 11.7. The van der Waals surface area contributed by atoms with E-state index in [0.717, 1.165) is 15.2 Å². The number of ketones is 1. The number of aryl methyl sites for hydroxylation is 1. The Morgan fingerprint density at radius 3 is 2.62 bits per heavy atom. The summed E-state index contributed by atoms with van der Waals surface area (Å²) in [6, 6.07) is 7.88. The van der Waals surface area contributed by atoms with E-state index in [1.54, 1.807) is 11.3 Å². The van der Waals surface area contributed by atoms with Crippen LogP contribution >= 0.6 is 11.3 Å². The van der Waals surface area contributed by atoms with Crippen molar-refractivity contribution < 1.29 is 14.3 Å². The number of thiazole rings is 1. The third-order valence-electron chi connectivity index (χ3n) is 3.08. The molecule has 1 heterocycles. The minimum absolute atomic E-state index is 0.0733. The van der Waals surface area contributed by atoms with Crippen LogP contribution in [0.1, 0.15) is 32.2 Å². The lowest BCUT2D eigenvalue weighted by Crippen LogP contribution is -2.26. The van der Waals surface area contributed by atoms with Crippen LogP contribution in [0.15, 0.2) is 24.3 Å². The molecule has 5 heteroatoms. The molecule has 0 spiro atoms. The number of ether oxygens (including phenoxy) is 1. The molecule has 0 amide bonds. The minimum Gasteiger partial charge on any atom is -0.458 e. The first kappa shape index (κ1) is 15.6. The summed E-state index contributed by atoms with van der Waals surface area (Å²) in [5, 5.41) is 0.912. The van der Waals surface area contributed by atoms with Crippen LogP contribution in [0.5, 0.6) is 0 Å². The Morgan fingerprint density at radius 2 is 1.95 bits per heavy atom. The number of carbonyl (C=O) groups is 2. The first-order valence-corrected chi connectivity index (χ1v) is 7.71. The van der Waals surface area contributed by atoms with Crippen LogP contribution in [0, 0.1) is 5.41 Å². The average molecular weight is 305 g/mol. The van der Waals surface area contributed by atoms with Crippen molar-refractivity contribution in [3.63, 3.8) is 0 Å².